The Balaban J connectivity index is 1.77. The first-order valence-electron chi connectivity index (χ1n) is 11.0. The standard InChI is InChI=1S/C29H22N4/c1-21-27-29(31-26-20-12-11-19-25(26)30-27)33(28(21)22-13-5-2-6-14-22)32(23-15-7-3-8-16-23)24-17-9-4-10-18-24/h2-20H,1H3. The summed E-state index contributed by atoms with van der Waals surface area (Å²) in [7, 11) is 0. The van der Waals surface area contributed by atoms with Crippen LogP contribution in [-0.4, -0.2) is 14.6 Å². The maximum absolute atomic E-state index is 5.12. The number of rotatable bonds is 4. The van der Waals surface area contributed by atoms with Gasteiger partial charge in [0, 0.05) is 11.1 Å². The Hall–Kier alpha value is -4.44. The van der Waals surface area contributed by atoms with Crippen LogP contribution in [0.25, 0.3) is 33.5 Å². The van der Waals surface area contributed by atoms with Crippen LogP contribution in [-0.2, 0) is 0 Å². The van der Waals surface area contributed by atoms with E-state index in [2.05, 4.69) is 89.4 Å². The Labute approximate surface area is 192 Å². The van der Waals surface area contributed by atoms with Crippen LogP contribution in [0.1, 0.15) is 5.56 Å². The number of aromatic nitrogens is 3. The highest BCUT2D eigenvalue weighted by molar-refractivity contribution is 5.93. The number of aryl methyl sites for hydroxylation is 1. The Morgan fingerprint density at radius 2 is 1.06 bits per heavy atom. The summed E-state index contributed by atoms with van der Waals surface area (Å²) in [5.74, 6) is 0. The van der Waals surface area contributed by atoms with Gasteiger partial charge in [-0.1, -0.05) is 78.9 Å². The van der Waals surface area contributed by atoms with Gasteiger partial charge >= 0.3 is 0 Å². The highest BCUT2D eigenvalue weighted by atomic mass is 15.6. The maximum Gasteiger partial charge on any atom is 0.179 e. The smallest absolute Gasteiger partial charge is 0.179 e. The van der Waals surface area contributed by atoms with E-state index in [0.29, 0.717) is 0 Å². The molecule has 0 fully saturated rings. The molecule has 6 rings (SSSR count). The third kappa shape index (κ3) is 3.24. The molecule has 2 heterocycles. The van der Waals surface area contributed by atoms with Crippen molar-refractivity contribution in [1.82, 2.24) is 14.6 Å². The second-order valence-corrected chi connectivity index (χ2v) is 8.02. The largest absolute Gasteiger partial charge is 0.248 e. The van der Waals surface area contributed by atoms with E-state index in [1.165, 1.54) is 0 Å². The molecule has 0 spiro atoms. The quantitative estimate of drug-likeness (QED) is 0.300. The monoisotopic (exact) mass is 426 g/mol. The summed E-state index contributed by atoms with van der Waals surface area (Å²) in [6, 6.07) is 39.4. The van der Waals surface area contributed by atoms with Gasteiger partial charge in [0.15, 0.2) is 5.65 Å². The first-order valence-corrected chi connectivity index (χ1v) is 11.0. The Kier molecular flexibility index (Phi) is 4.62. The van der Waals surface area contributed by atoms with Gasteiger partial charge in [0.1, 0.15) is 5.52 Å². The third-order valence-corrected chi connectivity index (χ3v) is 5.92. The number of nitrogens with zero attached hydrogens (tertiary/aromatic N) is 4. The predicted octanol–water partition coefficient (Wildman–Crippen LogP) is 7.16. The number of fused-ring (bicyclic) bond motifs is 2. The number of benzene rings is 4. The second-order valence-electron chi connectivity index (χ2n) is 8.02. The first kappa shape index (κ1) is 19.3. The molecule has 6 aromatic rings. The van der Waals surface area contributed by atoms with Gasteiger partial charge < -0.3 is 0 Å². The summed E-state index contributed by atoms with van der Waals surface area (Å²) >= 11 is 0. The fraction of sp³-hybridized carbons (Fsp3) is 0.0345. The lowest BCUT2D eigenvalue weighted by Gasteiger charge is -2.29. The SMILES string of the molecule is Cc1c(-c2ccccc2)n(N(c2ccccc2)c2ccccc2)c2nc3ccccc3nc12. The zero-order chi connectivity index (χ0) is 22.2. The topological polar surface area (TPSA) is 34.0 Å². The second kappa shape index (κ2) is 7.92. The van der Waals surface area contributed by atoms with Crippen molar-refractivity contribution in [2.24, 2.45) is 0 Å². The molecule has 0 saturated heterocycles. The minimum atomic E-state index is 0.831. The molecule has 0 aliphatic carbocycles. The van der Waals surface area contributed by atoms with Gasteiger partial charge in [-0.3, -0.25) is 0 Å². The van der Waals surface area contributed by atoms with E-state index in [4.69, 9.17) is 9.97 Å². The van der Waals surface area contributed by atoms with Crippen molar-refractivity contribution in [2.45, 2.75) is 6.92 Å². The van der Waals surface area contributed by atoms with Gasteiger partial charge in [-0.15, -0.1) is 0 Å². The molecule has 0 amide bonds. The summed E-state index contributed by atoms with van der Waals surface area (Å²) in [6.45, 7) is 2.14. The lowest BCUT2D eigenvalue weighted by Crippen LogP contribution is -2.25. The number of para-hydroxylation sites is 4. The fourth-order valence-corrected chi connectivity index (χ4v) is 4.41. The molecule has 4 aromatic carbocycles. The molecular formula is C29H22N4. The minimum absolute atomic E-state index is 0.831. The van der Waals surface area contributed by atoms with Gasteiger partial charge in [-0.25, -0.2) is 19.7 Å². The number of hydrogen-bond acceptors (Lipinski definition) is 3. The zero-order valence-electron chi connectivity index (χ0n) is 18.3. The molecule has 2 aromatic heterocycles. The summed E-state index contributed by atoms with van der Waals surface area (Å²) in [5, 5.41) is 2.22. The molecule has 0 radical (unpaired) electrons. The van der Waals surface area contributed by atoms with Gasteiger partial charge in [0.05, 0.1) is 28.1 Å². The van der Waals surface area contributed by atoms with Gasteiger partial charge in [0.2, 0.25) is 0 Å². The van der Waals surface area contributed by atoms with E-state index in [1.54, 1.807) is 0 Å². The lowest BCUT2D eigenvalue weighted by molar-refractivity contribution is 0.849. The van der Waals surface area contributed by atoms with Crippen molar-refractivity contribution in [2.75, 3.05) is 5.01 Å². The molecule has 4 nitrogen and oxygen atoms in total. The molecular weight excluding hydrogens is 404 g/mol. The van der Waals surface area contributed by atoms with Crippen LogP contribution in [0.3, 0.4) is 0 Å². The maximum atomic E-state index is 5.12. The van der Waals surface area contributed by atoms with E-state index >= 15 is 0 Å². The van der Waals surface area contributed by atoms with E-state index < -0.39 is 0 Å². The molecule has 0 aliphatic heterocycles. The van der Waals surface area contributed by atoms with Crippen molar-refractivity contribution in [3.8, 4) is 11.3 Å². The Morgan fingerprint density at radius 3 is 1.64 bits per heavy atom. The molecule has 0 atom stereocenters. The van der Waals surface area contributed by atoms with Crippen molar-refractivity contribution >= 4 is 33.6 Å². The van der Waals surface area contributed by atoms with Crippen molar-refractivity contribution < 1.29 is 0 Å². The summed E-state index contributed by atoms with van der Waals surface area (Å²) in [5.41, 5.74) is 8.92. The van der Waals surface area contributed by atoms with E-state index in [9.17, 15) is 0 Å². The minimum Gasteiger partial charge on any atom is -0.248 e. The molecule has 33 heavy (non-hydrogen) atoms. The third-order valence-electron chi connectivity index (χ3n) is 5.92. The van der Waals surface area contributed by atoms with Crippen LogP contribution in [0.5, 0.6) is 0 Å². The van der Waals surface area contributed by atoms with Crippen molar-refractivity contribution in [3.63, 3.8) is 0 Å². The molecule has 0 aliphatic rings. The van der Waals surface area contributed by atoms with E-state index in [-0.39, 0.29) is 0 Å². The molecule has 0 N–H and O–H groups in total. The van der Waals surface area contributed by atoms with Crippen LogP contribution in [0.4, 0.5) is 11.4 Å². The van der Waals surface area contributed by atoms with Crippen LogP contribution < -0.4 is 5.01 Å². The molecule has 0 unspecified atom stereocenters. The molecule has 158 valence electrons. The average Bonchev–Trinajstić information content (AvgIpc) is 3.16. The predicted molar refractivity (Wildman–Crippen MR) is 136 cm³/mol. The van der Waals surface area contributed by atoms with E-state index in [0.717, 1.165) is 50.4 Å². The highest BCUT2D eigenvalue weighted by Gasteiger charge is 2.24. The average molecular weight is 427 g/mol. The van der Waals surface area contributed by atoms with Crippen molar-refractivity contribution in [3.05, 3.63) is 121 Å². The summed E-state index contributed by atoms with van der Waals surface area (Å²) in [4.78, 5) is 10.2. The van der Waals surface area contributed by atoms with Gasteiger partial charge in [-0.2, -0.15) is 0 Å². The molecule has 4 heteroatoms. The summed E-state index contributed by atoms with van der Waals surface area (Å²) < 4.78 is 2.21. The van der Waals surface area contributed by atoms with Crippen molar-refractivity contribution in [1.29, 1.82) is 0 Å². The van der Waals surface area contributed by atoms with Crippen LogP contribution in [0.2, 0.25) is 0 Å². The number of anilines is 2. The van der Waals surface area contributed by atoms with Gasteiger partial charge in [-0.05, 0) is 43.3 Å². The van der Waals surface area contributed by atoms with Crippen LogP contribution in [0, 0.1) is 6.92 Å². The van der Waals surface area contributed by atoms with E-state index in [1.807, 2.05) is 42.5 Å². The van der Waals surface area contributed by atoms with Gasteiger partial charge in [0.25, 0.3) is 0 Å². The fourth-order valence-electron chi connectivity index (χ4n) is 4.41. The van der Waals surface area contributed by atoms with Crippen LogP contribution in [0.15, 0.2) is 115 Å². The first-order chi connectivity index (χ1) is 16.3. The lowest BCUT2D eigenvalue weighted by atomic mass is 10.1. The zero-order valence-corrected chi connectivity index (χ0v) is 18.3. The molecule has 0 saturated carbocycles. The number of hydrogen-bond donors (Lipinski definition) is 0. The molecule has 0 bridgehead atoms. The summed E-state index contributed by atoms with van der Waals surface area (Å²) in [6.07, 6.45) is 0. The Morgan fingerprint density at radius 1 is 0.576 bits per heavy atom. The normalized spacial score (nSPS) is 11.2. The highest BCUT2D eigenvalue weighted by Crippen LogP contribution is 2.37. The Bertz CT molecular complexity index is 1520. The van der Waals surface area contributed by atoms with Crippen LogP contribution >= 0.6 is 0 Å².